The van der Waals surface area contributed by atoms with Crippen LogP contribution in [0.15, 0.2) is 36.9 Å². The van der Waals surface area contributed by atoms with Crippen molar-refractivity contribution in [3.63, 3.8) is 0 Å². The molecule has 4 nitrogen and oxygen atoms in total. The van der Waals surface area contributed by atoms with Gasteiger partial charge in [0.2, 0.25) is 5.91 Å². The van der Waals surface area contributed by atoms with Crippen molar-refractivity contribution in [1.82, 2.24) is 4.90 Å². The third kappa shape index (κ3) is 4.58. The Bertz CT molecular complexity index is 468. The molecule has 0 aliphatic carbocycles. The van der Waals surface area contributed by atoms with E-state index in [1.807, 2.05) is 6.08 Å². The summed E-state index contributed by atoms with van der Waals surface area (Å²) >= 11 is 0. The maximum absolute atomic E-state index is 12.0. The predicted molar refractivity (Wildman–Crippen MR) is 74.2 cm³/mol. The minimum absolute atomic E-state index is 0.0715. The van der Waals surface area contributed by atoms with Gasteiger partial charge in [-0.15, -0.1) is 6.58 Å². The molecule has 0 fully saturated rings. The molecule has 1 amide bonds. The monoisotopic (exact) mass is 261 g/mol. The zero-order valence-corrected chi connectivity index (χ0v) is 11.1. The summed E-state index contributed by atoms with van der Waals surface area (Å²) in [6, 6.07) is 6.60. The van der Waals surface area contributed by atoms with E-state index in [0.29, 0.717) is 12.1 Å². The lowest BCUT2D eigenvalue weighted by Crippen LogP contribution is -2.29. The fraction of sp³-hybridized carbons (Fsp3) is 0.333. The van der Waals surface area contributed by atoms with E-state index < -0.39 is 5.97 Å². The lowest BCUT2D eigenvalue weighted by Gasteiger charge is -2.17. The van der Waals surface area contributed by atoms with Crippen molar-refractivity contribution in [2.75, 3.05) is 13.6 Å². The molecule has 1 N–H and O–H groups in total. The third-order valence-corrected chi connectivity index (χ3v) is 2.92. The second kappa shape index (κ2) is 7.36. The lowest BCUT2D eigenvalue weighted by atomic mass is 10.0. The van der Waals surface area contributed by atoms with Crippen LogP contribution in [-0.2, 0) is 11.2 Å². The number of amides is 1. The van der Waals surface area contributed by atoms with Crippen LogP contribution in [0.5, 0.6) is 0 Å². The third-order valence-electron chi connectivity index (χ3n) is 2.92. The van der Waals surface area contributed by atoms with Crippen LogP contribution in [0.2, 0.25) is 0 Å². The van der Waals surface area contributed by atoms with Gasteiger partial charge in [-0.2, -0.15) is 0 Å². The number of rotatable bonds is 7. The number of hydrogen-bond acceptors (Lipinski definition) is 2. The standard InChI is InChI=1S/C15H19NO3/c1-3-4-7-10-16(2)14(17)11-12-8-5-6-9-13(12)15(18)19/h3,5-6,8-9H,1,4,7,10-11H2,2H3,(H,18,19). The SMILES string of the molecule is C=CCCCN(C)C(=O)Cc1ccccc1C(=O)O. The van der Waals surface area contributed by atoms with Gasteiger partial charge < -0.3 is 10.0 Å². The Balaban J connectivity index is 2.66. The summed E-state index contributed by atoms with van der Waals surface area (Å²) in [5.41, 5.74) is 0.742. The fourth-order valence-electron chi connectivity index (χ4n) is 1.78. The van der Waals surface area contributed by atoms with Crippen molar-refractivity contribution in [3.8, 4) is 0 Å². The molecule has 1 rings (SSSR count). The Kier molecular flexibility index (Phi) is 5.79. The second-order valence-corrected chi connectivity index (χ2v) is 4.39. The van der Waals surface area contributed by atoms with E-state index in [-0.39, 0.29) is 17.9 Å². The summed E-state index contributed by atoms with van der Waals surface area (Å²) in [6.07, 6.45) is 3.67. The average molecular weight is 261 g/mol. The van der Waals surface area contributed by atoms with Crippen LogP contribution in [0, 0.1) is 0 Å². The number of allylic oxidation sites excluding steroid dienone is 1. The van der Waals surface area contributed by atoms with Gasteiger partial charge in [-0.3, -0.25) is 4.79 Å². The number of aromatic carboxylic acids is 1. The molecule has 1 aromatic carbocycles. The molecule has 102 valence electrons. The van der Waals surface area contributed by atoms with E-state index in [9.17, 15) is 9.59 Å². The first kappa shape index (κ1) is 15.0. The molecule has 0 aromatic heterocycles. The van der Waals surface area contributed by atoms with Gasteiger partial charge in [0.15, 0.2) is 0 Å². The van der Waals surface area contributed by atoms with Crippen LogP contribution in [0.25, 0.3) is 0 Å². The molecule has 0 aliphatic heterocycles. The van der Waals surface area contributed by atoms with Gasteiger partial charge in [0.25, 0.3) is 0 Å². The highest BCUT2D eigenvalue weighted by atomic mass is 16.4. The summed E-state index contributed by atoms with van der Waals surface area (Å²) in [6.45, 7) is 4.29. The molecular weight excluding hydrogens is 242 g/mol. The number of carbonyl (C=O) groups is 2. The van der Waals surface area contributed by atoms with Gasteiger partial charge in [-0.25, -0.2) is 4.79 Å². The Labute approximate surface area is 113 Å². The molecule has 0 heterocycles. The number of likely N-dealkylation sites (N-methyl/N-ethyl adjacent to an activating group) is 1. The highest BCUT2D eigenvalue weighted by molar-refractivity contribution is 5.91. The van der Waals surface area contributed by atoms with Gasteiger partial charge >= 0.3 is 5.97 Å². The van der Waals surface area contributed by atoms with E-state index in [1.54, 1.807) is 30.1 Å². The van der Waals surface area contributed by atoms with Crippen molar-refractivity contribution in [2.45, 2.75) is 19.3 Å². The number of carbonyl (C=O) groups excluding carboxylic acids is 1. The normalized spacial score (nSPS) is 9.95. The molecule has 0 saturated heterocycles. The topological polar surface area (TPSA) is 57.6 Å². The van der Waals surface area contributed by atoms with Crippen molar-refractivity contribution < 1.29 is 14.7 Å². The molecule has 0 radical (unpaired) electrons. The van der Waals surface area contributed by atoms with Crippen molar-refractivity contribution in [1.29, 1.82) is 0 Å². The first-order valence-corrected chi connectivity index (χ1v) is 6.22. The quantitative estimate of drug-likeness (QED) is 0.605. The molecule has 0 spiro atoms. The molecule has 19 heavy (non-hydrogen) atoms. The predicted octanol–water partition coefficient (Wildman–Crippen LogP) is 2.35. The van der Waals surface area contributed by atoms with E-state index in [2.05, 4.69) is 6.58 Å². The molecule has 4 heteroatoms. The van der Waals surface area contributed by atoms with Crippen LogP contribution in [0.1, 0.15) is 28.8 Å². The highest BCUT2D eigenvalue weighted by Crippen LogP contribution is 2.11. The first-order valence-electron chi connectivity index (χ1n) is 6.22. The summed E-state index contributed by atoms with van der Waals surface area (Å²) in [5, 5.41) is 9.05. The zero-order valence-electron chi connectivity index (χ0n) is 11.1. The summed E-state index contributed by atoms with van der Waals surface area (Å²) in [7, 11) is 1.73. The van der Waals surface area contributed by atoms with Crippen LogP contribution in [0.3, 0.4) is 0 Å². The van der Waals surface area contributed by atoms with Crippen molar-refractivity contribution in [2.24, 2.45) is 0 Å². The van der Waals surface area contributed by atoms with E-state index in [4.69, 9.17) is 5.11 Å². The Morgan fingerprint density at radius 3 is 2.68 bits per heavy atom. The van der Waals surface area contributed by atoms with Crippen LogP contribution in [0.4, 0.5) is 0 Å². The van der Waals surface area contributed by atoms with Gasteiger partial charge in [-0.1, -0.05) is 24.3 Å². The fourth-order valence-corrected chi connectivity index (χ4v) is 1.78. The minimum Gasteiger partial charge on any atom is -0.478 e. The summed E-state index contributed by atoms with van der Waals surface area (Å²) < 4.78 is 0. The van der Waals surface area contributed by atoms with Crippen molar-refractivity contribution in [3.05, 3.63) is 48.0 Å². The Morgan fingerprint density at radius 2 is 2.05 bits per heavy atom. The smallest absolute Gasteiger partial charge is 0.335 e. The number of hydrogen-bond donors (Lipinski definition) is 1. The molecule has 0 aliphatic rings. The van der Waals surface area contributed by atoms with Crippen LogP contribution >= 0.6 is 0 Å². The number of carboxylic acids is 1. The maximum Gasteiger partial charge on any atom is 0.335 e. The average Bonchev–Trinajstić information content (AvgIpc) is 2.39. The largest absolute Gasteiger partial charge is 0.478 e. The Morgan fingerprint density at radius 1 is 1.37 bits per heavy atom. The van der Waals surface area contributed by atoms with E-state index >= 15 is 0 Å². The highest BCUT2D eigenvalue weighted by Gasteiger charge is 2.14. The number of carboxylic acid groups (broad SMARTS) is 1. The number of benzene rings is 1. The van der Waals surface area contributed by atoms with E-state index in [1.165, 1.54) is 6.07 Å². The van der Waals surface area contributed by atoms with Gasteiger partial charge in [0.1, 0.15) is 0 Å². The van der Waals surface area contributed by atoms with Crippen LogP contribution in [-0.4, -0.2) is 35.5 Å². The number of nitrogens with zero attached hydrogens (tertiary/aromatic N) is 1. The molecule has 0 unspecified atom stereocenters. The number of unbranched alkanes of at least 4 members (excludes halogenated alkanes) is 1. The molecule has 0 atom stereocenters. The van der Waals surface area contributed by atoms with Gasteiger partial charge in [-0.05, 0) is 24.5 Å². The Hall–Kier alpha value is -2.10. The van der Waals surface area contributed by atoms with Gasteiger partial charge in [0.05, 0.1) is 12.0 Å². The van der Waals surface area contributed by atoms with Crippen molar-refractivity contribution >= 4 is 11.9 Å². The lowest BCUT2D eigenvalue weighted by molar-refractivity contribution is -0.129. The molecular formula is C15H19NO3. The van der Waals surface area contributed by atoms with E-state index in [0.717, 1.165) is 12.8 Å². The zero-order chi connectivity index (χ0) is 14.3. The summed E-state index contributed by atoms with van der Waals surface area (Å²) in [4.78, 5) is 24.7. The molecule has 0 bridgehead atoms. The summed E-state index contributed by atoms with van der Waals surface area (Å²) in [5.74, 6) is -1.07. The van der Waals surface area contributed by atoms with Crippen LogP contribution < -0.4 is 0 Å². The van der Waals surface area contributed by atoms with Gasteiger partial charge in [0, 0.05) is 13.6 Å². The molecule has 0 saturated carbocycles. The second-order valence-electron chi connectivity index (χ2n) is 4.39. The first-order chi connectivity index (χ1) is 9.06. The molecule has 1 aromatic rings. The maximum atomic E-state index is 12.0. The minimum atomic E-state index is -1.00.